The highest BCUT2D eigenvalue weighted by atomic mass is 16.5. The van der Waals surface area contributed by atoms with Gasteiger partial charge >= 0.3 is 0 Å². The van der Waals surface area contributed by atoms with E-state index in [1.807, 2.05) is 37.3 Å². The molecule has 82 valence electrons. The molecule has 0 saturated carbocycles. The molecule has 0 saturated heterocycles. The minimum atomic E-state index is 0.0425. The third-order valence-electron chi connectivity index (χ3n) is 2.11. The number of hydrogen-bond donors (Lipinski definition) is 0. The zero-order chi connectivity index (χ0) is 11.1. The summed E-state index contributed by atoms with van der Waals surface area (Å²) in [4.78, 5) is 13.1. The second-order valence-electron chi connectivity index (χ2n) is 3.20. The fourth-order valence-electron chi connectivity index (χ4n) is 1.38. The summed E-state index contributed by atoms with van der Waals surface area (Å²) in [6, 6.07) is 9.63. The number of benzene rings is 1. The van der Waals surface area contributed by atoms with Gasteiger partial charge in [-0.3, -0.25) is 4.79 Å². The molecule has 0 N–H and O–H groups in total. The van der Waals surface area contributed by atoms with Gasteiger partial charge in [0.25, 0.3) is 0 Å². The zero-order valence-corrected chi connectivity index (χ0v) is 9.27. The predicted molar refractivity (Wildman–Crippen MR) is 61.0 cm³/mol. The fraction of sp³-hybridized carbons (Fsp3) is 0.417. The molecule has 1 rings (SSSR count). The SMILES string of the molecule is CCOCCN(C(C)=O)c1ccccc1. The maximum absolute atomic E-state index is 11.4. The maximum atomic E-state index is 11.4. The molecule has 3 nitrogen and oxygen atoms in total. The van der Waals surface area contributed by atoms with Crippen molar-refractivity contribution in [3.8, 4) is 0 Å². The predicted octanol–water partition coefficient (Wildman–Crippen LogP) is 2.08. The first-order valence-electron chi connectivity index (χ1n) is 5.16. The van der Waals surface area contributed by atoms with E-state index in [4.69, 9.17) is 4.74 Å². The van der Waals surface area contributed by atoms with Crippen molar-refractivity contribution in [3.63, 3.8) is 0 Å². The molecule has 1 aromatic rings. The molecule has 0 bridgehead atoms. The number of amides is 1. The molecule has 3 heteroatoms. The van der Waals surface area contributed by atoms with Crippen LogP contribution in [0.25, 0.3) is 0 Å². The van der Waals surface area contributed by atoms with Gasteiger partial charge in [-0.05, 0) is 19.1 Å². The number of nitrogens with zero attached hydrogens (tertiary/aromatic N) is 1. The lowest BCUT2D eigenvalue weighted by Crippen LogP contribution is -2.31. The van der Waals surface area contributed by atoms with Crippen LogP contribution in [0.5, 0.6) is 0 Å². The van der Waals surface area contributed by atoms with E-state index in [1.165, 1.54) is 0 Å². The highest BCUT2D eigenvalue weighted by Crippen LogP contribution is 2.12. The molecule has 1 amide bonds. The van der Waals surface area contributed by atoms with Crippen LogP contribution in [-0.4, -0.2) is 25.7 Å². The van der Waals surface area contributed by atoms with Crippen LogP contribution in [0.1, 0.15) is 13.8 Å². The molecule has 0 unspecified atom stereocenters. The summed E-state index contributed by atoms with van der Waals surface area (Å²) >= 11 is 0. The number of carbonyl (C=O) groups is 1. The molecule has 0 heterocycles. The van der Waals surface area contributed by atoms with Crippen LogP contribution in [0.4, 0.5) is 5.69 Å². The van der Waals surface area contributed by atoms with Gasteiger partial charge in [-0.15, -0.1) is 0 Å². The summed E-state index contributed by atoms with van der Waals surface area (Å²) in [7, 11) is 0. The molecule has 15 heavy (non-hydrogen) atoms. The lowest BCUT2D eigenvalue weighted by Gasteiger charge is -2.20. The lowest BCUT2D eigenvalue weighted by molar-refractivity contribution is -0.116. The normalized spacial score (nSPS) is 10.0. The average molecular weight is 207 g/mol. The molecule has 0 aromatic heterocycles. The molecule has 0 aliphatic heterocycles. The van der Waals surface area contributed by atoms with Crippen LogP contribution < -0.4 is 4.90 Å². The summed E-state index contributed by atoms with van der Waals surface area (Å²) in [5.74, 6) is 0.0425. The Morgan fingerprint density at radius 3 is 2.53 bits per heavy atom. The Morgan fingerprint density at radius 2 is 2.00 bits per heavy atom. The van der Waals surface area contributed by atoms with Gasteiger partial charge in [0, 0.05) is 25.8 Å². The number of ether oxygens (including phenoxy) is 1. The summed E-state index contributed by atoms with van der Waals surface area (Å²) in [5.41, 5.74) is 0.921. The highest BCUT2D eigenvalue weighted by molar-refractivity contribution is 5.91. The maximum Gasteiger partial charge on any atom is 0.223 e. The van der Waals surface area contributed by atoms with Crippen LogP contribution in [0.3, 0.4) is 0 Å². The highest BCUT2D eigenvalue weighted by Gasteiger charge is 2.09. The van der Waals surface area contributed by atoms with E-state index >= 15 is 0 Å². The number of rotatable bonds is 5. The Balaban J connectivity index is 2.62. The van der Waals surface area contributed by atoms with E-state index in [0.29, 0.717) is 19.8 Å². The van der Waals surface area contributed by atoms with E-state index in [-0.39, 0.29) is 5.91 Å². The van der Waals surface area contributed by atoms with Crippen LogP contribution >= 0.6 is 0 Å². The van der Waals surface area contributed by atoms with Crippen molar-refractivity contribution in [1.82, 2.24) is 0 Å². The Kier molecular flexibility index (Phi) is 4.84. The number of anilines is 1. The van der Waals surface area contributed by atoms with Crippen LogP contribution in [0.2, 0.25) is 0 Å². The van der Waals surface area contributed by atoms with Gasteiger partial charge in [0.2, 0.25) is 5.91 Å². The quantitative estimate of drug-likeness (QED) is 0.692. The second-order valence-corrected chi connectivity index (χ2v) is 3.20. The van der Waals surface area contributed by atoms with Crippen molar-refractivity contribution in [3.05, 3.63) is 30.3 Å². The van der Waals surface area contributed by atoms with E-state index in [1.54, 1.807) is 11.8 Å². The van der Waals surface area contributed by atoms with Gasteiger partial charge < -0.3 is 9.64 Å². The van der Waals surface area contributed by atoms with Crippen LogP contribution in [0.15, 0.2) is 30.3 Å². The van der Waals surface area contributed by atoms with Gasteiger partial charge in [-0.25, -0.2) is 0 Å². The molecule has 0 aliphatic carbocycles. The van der Waals surface area contributed by atoms with Gasteiger partial charge in [0.15, 0.2) is 0 Å². The standard InChI is InChI=1S/C12H17NO2/c1-3-15-10-9-13(11(2)14)12-7-5-4-6-8-12/h4-8H,3,9-10H2,1-2H3. The molecule has 0 atom stereocenters. The Labute approximate surface area is 90.7 Å². The summed E-state index contributed by atoms with van der Waals surface area (Å²) in [6.45, 7) is 5.37. The Bertz CT molecular complexity index is 298. The molecule has 0 fully saturated rings. The molecule has 0 radical (unpaired) electrons. The van der Waals surface area contributed by atoms with Gasteiger partial charge in [-0.2, -0.15) is 0 Å². The van der Waals surface area contributed by atoms with Crippen molar-refractivity contribution in [1.29, 1.82) is 0 Å². The zero-order valence-electron chi connectivity index (χ0n) is 9.27. The van der Waals surface area contributed by atoms with Crippen LogP contribution in [-0.2, 0) is 9.53 Å². The molecular formula is C12H17NO2. The van der Waals surface area contributed by atoms with Crippen molar-refractivity contribution in [2.24, 2.45) is 0 Å². The fourth-order valence-corrected chi connectivity index (χ4v) is 1.38. The smallest absolute Gasteiger partial charge is 0.223 e. The van der Waals surface area contributed by atoms with Gasteiger partial charge in [0.05, 0.1) is 6.61 Å². The third kappa shape index (κ3) is 3.72. The average Bonchev–Trinajstić information content (AvgIpc) is 2.25. The van der Waals surface area contributed by atoms with Crippen LogP contribution in [0, 0.1) is 0 Å². The van der Waals surface area contributed by atoms with Crippen molar-refractivity contribution in [2.45, 2.75) is 13.8 Å². The van der Waals surface area contributed by atoms with Gasteiger partial charge in [-0.1, -0.05) is 18.2 Å². The Morgan fingerprint density at radius 1 is 1.33 bits per heavy atom. The van der Waals surface area contributed by atoms with E-state index in [2.05, 4.69) is 0 Å². The van der Waals surface area contributed by atoms with E-state index in [9.17, 15) is 4.79 Å². The first-order chi connectivity index (χ1) is 7.25. The number of carbonyl (C=O) groups excluding carboxylic acids is 1. The summed E-state index contributed by atoms with van der Waals surface area (Å²) < 4.78 is 5.24. The van der Waals surface area contributed by atoms with Crippen molar-refractivity contribution >= 4 is 11.6 Å². The summed E-state index contributed by atoms with van der Waals surface area (Å²) in [5, 5.41) is 0. The van der Waals surface area contributed by atoms with E-state index in [0.717, 1.165) is 5.69 Å². The van der Waals surface area contributed by atoms with Gasteiger partial charge in [0.1, 0.15) is 0 Å². The first kappa shape index (κ1) is 11.7. The monoisotopic (exact) mass is 207 g/mol. The van der Waals surface area contributed by atoms with Crippen molar-refractivity contribution < 1.29 is 9.53 Å². The van der Waals surface area contributed by atoms with E-state index < -0.39 is 0 Å². The third-order valence-corrected chi connectivity index (χ3v) is 2.11. The number of hydrogen-bond acceptors (Lipinski definition) is 2. The minimum Gasteiger partial charge on any atom is -0.380 e. The topological polar surface area (TPSA) is 29.5 Å². The van der Waals surface area contributed by atoms with Crippen molar-refractivity contribution in [2.75, 3.05) is 24.7 Å². The largest absolute Gasteiger partial charge is 0.380 e. The minimum absolute atomic E-state index is 0.0425. The molecule has 1 aromatic carbocycles. The Hall–Kier alpha value is -1.35. The second kappa shape index (κ2) is 6.19. The molecule has 0 spiro atoms. The molecule has 0 aliphatic rings. The molecular weight excluding hydrogens is 190 g/mol. The lowest BCUT2D eigenvalue weighted by atomic mass is 10.3. The summed E-state index contributed by atoms with van der Waals surface area (Å²) in [6.07, 6.45) is 0. The first-order valence-corrected chi connectivity index (χ1v) is 5.16. The number of para-hydroxylation sites is 1.